The van der Waals surface area contributed by atoms with Crippen molar-refractivity contribution in [3.63, 3.8) is 0 Å². The Morgan fingerprint density at radius 3 is 1.40 bits per heavy atom. The lowest BCUT2D eigenvalue weighted by molar-refractivity contribution is 0.107. The van der Waals surface area contributed by atoms with Gasteiger partial charge < -0.3 is 19.0 Å². The predicted octanol–water partition coefficient (Wildman–Crippen LogP) is 1.56. The summed E-state index contributed by atoms with van der Waals surface area (Å²) < 4.78 is 15.7. The van der Waals surface area contributed by atoms with Crippen molar-refractivity contribution < 1.29 is 13.3 Å². The lowest BCUT2D eigenvalue weighted by atomic mass is 10.3. The van der Waals surface area contributed by atoms with Crippen molar-refractivity contribution in [2.45, 2.75) is 40.5 Å². The Labute approximate surface area is 96.1 Å². The van der Waals surface area contributed by atoms with Crippen LogP contribution in [0.1, 0.15) is 40.5 Å². The minimum absolute atomic E-state index is 0.677. The highest BCUT2D eigenvalue weighted by Crippen LogP contribution is 1.91. The van der Waals surface area contributed by atoms with Gasteiger partial charge in [-0.1, -0.05) is 13.3 Å². The van der Waals surface area contributed by atoms with E-state index in [9.17, 15) is 0 Å². The summed E-state index contributed by atoms with van der Waals surface area (Å²) in [4.78, 5) is 0. The molecule has 0 aromatic heterocycles. The van der Waals surface area contributed by atoms with E-state index in [0.29, 0.717) is 19.8 Å². The quantitative estimate of drug-likeness (QED) is 0.651. The molecule has 0 radical (unpaired) electrons. The molecule has 0 rings (SSSR count). The van der Waals surface area contributed by atoms with Crippen LogP contribution >= 0.6 is 0 Å². The Balaban J connectivity index is 0. The SMILES string of the molecule is CCCCN.CCO[SiH](OCC)OCC. The summed E-state index contributed by atoms with van der Waals surface area (Å²) in [6, 6.07) is 0. The molecule has 0 aliphatic carbocycles. The van der Waals surface area contributed by atoms with Gasteiger partial charge in [-0.05, 0) is 33.7 Å². The first-order chi connectivity index (χ1) is 7.26. The Kier molecular flexibility index (Phi) is 19.2. The third-order valence-electron chi connectivity index (χ3n) is 1.47. The van der Waals surface area contributed by atoms with Gasteiger partial charge in [-0.25, -0.2) is 0 Å². The molecule has 4 nitrogen and oxygen atoms in total. The Morgan fingerprint density at radius 1 is 0.867 bits per heavy atom. The van der Waals surface area contributed by atoms with Crippen molar-refractivity contribution in [2.24, 2.45) is 5.73 Å². The van der Waals surface area contributed by atoms with Crippen LogP contribution in [-0.4, -0.2) is 35.9 Å². The second-order valence-electron chi connectivity index (χ2n) is 2.80. The van der Waals surface area contributed by atoms with E-state index in [0.717, 1.165) is 6.54 Å². The van der Waals surface area contributed by atoms with E-state index >= 15 is 0 Å². The van der Waals surface area contributed by atoms with E-state index in [4.69, 9.17) is 19.0 Å². The van der Waals surface area contributed by atoms with Crippen LogP contribution in [0, 0.1) is 0 Å². The van der Waals surface area contributed by atoms with Crippen molar-refractivity contribution in [1.29, 1.82) is 0 Å². The lowest BCUT2D eigenvalue weighted by Crippen LogP contribution is -2.27. The van der Waals surface area contributed by atoms with Crippen LogP contribution in [0.2, 0.25) is 0 Å². The molecule has 2 N–H and O–H groups in total. The second kappa shape index (κ2) is 16.5. The predicted molar refractivity (Wildman–Crippen MR) is 66.0 cm³/mol. The van der Waals surface area contributed by atoms with Crippen LogP contribution < -0.4 is 5.73 Å². The van der Waals surface area contributed by atoms with Crippen molar-refractivity contribution in [3.8, 4) is 0 Å². The molecule has 0 bridgehead atoms. The topological polar surface area (TPSA) is 53.7 Å². The first-order valence-electron chi connectivity index (χ1n) is 5.81. The molecule has 0 atom stereocenters. The number of hydrogen-bond donors (Lipinski definition) is 1. The van der Waals surface area contributed by atoms with Crippen molar-refractivity contribution >= 4 is 9.53 Å². The van der Waals surface area contributed by atoms with E-state index in [2.05, 4.69) is 6.92 Å². The fraction of sp³-hybridized carbons (Fsp3) is 1.00. The van der Waals surface area contributed by atoms with E-state index in [1.807, 2.05) is 20.8 Å². The van der Waals surface area contributed by atoms with Gasteiger partial charge in [-0.2, -0.15) is 0 Å². The summed E-state index contributed by atoms with van der Waals surface area (Å²) in [6.45, 7) is 10.8. The highest BCUT2D eigenvalue weighted by molar-refractivity contribution is 6.36. The Bertz CT molecular complexity index is 90.4. The fourth-order valence-corrected chi connectivity index (χ4v) is 1.86. The Hall–Kier alpha value is 0.0569. The summed E-state index contributed by atoms with van der Waals surface area (Å²) >= 11 is 0. The summed E-state index contributed by atoms with van der Waals surface area (Å²) in [7, 11) is -1.73. The molecule has 0 aromatic rings. The molecule has 0 saturated carbocycles. The average molecular weight is 237 g/mol. The molecule has 0 aliphatic rings. The summed E-state index contributed by atoms with van der Waals surface area (Å²) in [5.41, 5.74) is 5.14. The van der Waals surface area contributed by atoms with Crippen molar-refractivity contribution in [3.05, 3.63) is 0 Å². The average Bonchev–Trinajstić information content (AvgIpc) is 2.21. The van der Waals surface area contributed by atoms with Gasteiger partial charge in [-0.3, -0.25) is 0 Å². The summed E-state index contributed by atoms with van der Waals surface area (Å²) in [5, 5.41) is 0. The van der Waals surface area contributed by atoms with Crippen molar-refractivity contribution in [2.75, 3.05) is 26.4 Å². The number of nitrogens with two attached hydrogens (primary N) is 1. The van der Waals surface area contributed by atoms with E-state index in [1.54, 1.807) is 0 Å². The maximum atomic E-state index is 5.22. The maximum Gasteiger partial charge on any atom is 0.484 e. The van der Waals surface area contributed by atoms with Crippen LogP contribution in [0.15, 0.2) is 0 Å². The lowest BCUT2D eigenvalue weighted by Gasteiger charge is -2.12. The monoisotopic (exact) mass is 237 g/mol. The largest absolute Gasteiger partial charge is 0.484 e. The van der Waals surface area contributed by atoms with Crippen LogP contribution in [0.4, 0.5) is 0 Å². The van der Waals surface area contributed by atoms with Gasteiger partial charge in [0.25, 0.3) is 0 Å². The zero-order chi connectivity index (χ0) is 11.9. The molecule has 5 heteroatoms. The van der Waals surface area contributed by atoms with Gasteiger partial charge in [0.2, 0.25) is 0 Å². The van der Waals surface area contributed by atoms with Gasteiger partial charge in [0.15, 0.2) is 0 Å². The summed E-state index contributed by atoms with van der Waals surface area (Å²) in [6.07, 6.45) is 2.39. The number of unbranched alkanes of at least 4 members (excludes halogenated alkanes) is 1. The molecule has 0 saturated heterocycles. The van der Waals surface area contributed by atoms with Crippen LogP contribution in [0.25, 0.3) is 0 Å². The molecule has 0 aromatic carbocycles. The minimum Gasteiger partial charge on any atom is -0.376 e. The normalized spacial score (nSPS) is 10.0. The zero-order valence-corrected chi connectivity index (χ0v) is 11.8. The van der Waals surface area contributed by atoms with Crippen molar-refractivity contribution in [1.82, 2.24) is 0 Å². The minimum atomic E-state index is -1.73. The van der Waals surface area contributed by atoms with Gasteiger partial charge in [-0.15, -0.1) is 0 Å². The molecular formula is C10H27NO3Si. The second-order valence-corrected chi connectivity index (χ2v) is 4.37. The summed E-state index contributed by atoms with van der Waals surface area (Å²) in [5.74, 6) is 0. The molecule has 94 valence electrons. The fourth-order valence-electron chi connectivity index (χ4n) is 0.757. The number of hydrogen-bond acceptors (Lipinski definition) is 4. The third kappa shape index (κ3) is 16.7. The standard InChI is InChI=1S/C6H16O3Si.C4H11N/c1-4-7-10(8-5-2)9-6-3;1-2-3-4-5/h10H,4-6H2,1-3H3;2-5H2,1H3. The van der Waals surface area contributed by atoms with Gasteiger partial charge in [0.05, 0.1) is 0 Å². The molecule has 15 heavy (non-hydrogen) atoms. The number of rotatable bonds is 8. The highest BCUT2D eigenvalue weighted by Gasteiger charge is 2.11. The molecule has 0 aliphatic heterocycles. The first kappa shape index (κ1) is 17.5. The van der Waals surface area contributed by atoms with Crippen LogP contribution in [0.5, 0.6) is 0 Å². The maximum absolute atomic E-state index is 5.22. The molecule has 0 fully saturated rings. The van der Waals surface area contributed by atoms with E-state index in [-0.39, 0.29) is 0 Å². The third-order valence-corrected chi connectivity index (χ3v) is 3.28. The molecule has 0 amide bonds. The molecule has 0 unspecified atom stereocenters. The van der Waals surface area contributed by atoms with E-state index < -0.39 is 9.53 Å². The highest BCUT2D eigenvalue weighted by atomic mass is 28.3. The van der Waals surface area contributed by atoms with Gasteiger partial charge in [0.1, 0.15) is 0 Å². The molecule has 0 heterocycles. The van der Waals surface area contributed by atoms with Crippen LogP contribution in [0.3, 0.4) is 0 Å². The molecular weight excluding hydrogens is 210 g/mol. The van der Waals surface area contributed by atoms with Gasteiger partial charge >= 0.3 is 9.53 Å². The smallest absolute Gasteiger partial charge is 0.376 e. The Morgan fingerprint density at radius 2 is 1.27 bits per heavy atom. The van der Waals surface area contributed by atoms with E-state index in [1.165, 1.54) is 12.8 Å². The first-order valence-corrected chi connectivity index (χ1v) is 7.22. The van der Waals surface area contributed by atoms with Crippen LogP contribution in [-0.2, 0) is 13.3 Å². The zero-order valence-electron chi connectivity index (χ0n) is 10.6. The van der Waals surface area contributed by atoms with Gasteiger partial charge in [0, 0.05) is 19.8 Å². The molecule has 0 spiro atoms.